The van der Waals surface area contributed by atoms with Gasteiger partial charge in [-0.25, -0.2) is 0 Å². The van der Waals surface area contributed by atoms with Crippen molar-refractivity contribution in [2.24, 2.45) is 0 Å². The maximum atomic E-state index is 12.8. The van der Waals surface area contributed by atoms with E-state index < -0.39 is 43.4 Å². The largest absolute Gasteiger partial charge is 0.457 e. The van der Waals surface area contributed by atoms with Gasteiger partial charge in [-0.1, -0.05) is 157 Å². The average Bonchev–Trinajstić information content (AvgIpc) is 3.24. The molecule has 0 spiro atoms. The predicted octanol–water partition coefficient (Wildman–Crippen LogP) is 10.9. The molecule has 1 saturated heterocycles. The Kier molecular flexibility index (Phi) is 38.0. The van der Waals surface area contributed by atoms with Crippen LogP contribution in [0.15, 0.2) is 72.9 Å². The molecule has 0 bridgehead atoms. The van der Waals surface area contributed by atoms with Crippen LogP contribution in [0.1, 0.15) is 174 Å². The summed E-state index contributed by atoms with van der Waals surface area (Å²) in [4.78, 5) is 12.8. The third-order valence-electron chi connectivity index (χ3n) is 10.4. The molecular weight excluding hydrogens is 745 g/mol. The van der Waals surface area contributed by atoms with E-state index in [1.807, 2.05) is 0 Å². The van der Waals surface area contributed by atoms with Gasteiger partial charge in [-0.2, -0.15) is 0 Å². The molecule has 0 aromatic rings. The van der Waals surface area contributed by atoms with Gasteiger partial charge in [0.05, 0.1) is 19.8 Å². The highest BCUT2D eigenvalue weighted by atomic mass is 16.7. The van der Waals surface area contributed by atoms with Gasteiger partial charge < -0.3 is 39.4 Å². The minimum Gasteiger partial charge on any atom is -0.457 e. The van der Waals surface area contributed by atoms with Crippen molar-refractivity contribution in [1.82, 2.24) is 0 Å². The Morgan fingerprint density at radius 1 is 0.559 bits per heavy atom. The second kappa shape index (κ2) is 41.0. The molecule has 59 heavy (non-hydrogen) atoms. The number of allylic oxidation sites excluding steroid dienone is 12. The van der Waals surface area contributed by atoms with Gasteiger partial charge in [0.15, 0.2) is 6.29 Å². The molecule has 6 atom stereocenters. The molecule has 0 radical (unpaired) electrons. The molecular formula is C50H86O9. The Morgan fingerprint density at radius 2 is 1.03 bits per heavy atom. The Bertz CT molecular complexity index is 1130. The van der Waals surface area contributed by atoms with E-state index in [-0.39, 0.29) is 19.2 Å². The van der Waals surface area contributed by atoms with Crippen molar-refractivity contribution < 1.29 is 44.2 Å². The van der Waals surface area contributed by atoms with Crippen LogP contribution in [0.5, 0.6) is 0 Å². The van der Waals surface area contributed by atoms with Crippen molar-refractivity contribution in [3.63, 3.8) is 0 Å². The van der Waals surface area contributed by atoms with Crippen molar-refractivity contribution in [1.29, 1.82) is 0 Å². The summed E-state index contributed by atoms with van der Waals surface area (Å²) in [6, 6.07) is 0. The molecule has 1 aliphatic heterocycles. The van der Waals surface area contributed by atoms with Crippen LogP contribution in [0.2, 0.25) is 0 Å². The molecule has 0 saturated carbocycles. The molecule has 1 fully saturated rings. The van der Waals surface area contributed by atoms with E-state index in [1.54, 1.807) is 0 Å². The van der Waals surface area contributed by atoms with Gasteiger partial charge in [0.1, 0.15) is 30.5 Å². The lowest BCUT2D eigenvalue weighted by molar-refractivity contribution is -0.305. The Morgan fingerprint density at radius 3 is 1.58 bits per heavy atom. The zero-order valence-electron chi connectivity index (χ0n) is 37.2. The maximum Gasteiger partial charge on any atom is 0.306 e. The molecule has 0 aromatic carbocycles. The van der Waals surface area contributed by atoms with Crippen LogP contribution in [-0.2, 0) is 23.7 Å². The monoisotopic (exact) mass is 831 g/mol. The summed E-state index contributed by atoms with van der Waals surface area (Å²) >= 11 is 0. The lowest BCUT2D eigenvalue weighted by Crippen LogP contribution is -2.59. The maximum absolute atomic E-state index is 12.8. The fourth-order valence-corrected chi connectivity index (χ4v) is 6.69. The van der Waals surface area contributed by atoms with Crippen molar-refractivity contribution in [2.75, 3.05) is 26.4 Å². The van der Waals surface area contributed by atoms with E-state index in [9.17, 15) is 25.2 Å². The van der Waals surface area contributed by atoms with E-state index >= 15 is 0 Å². The minimum absolute atomic E-state index is 0.110. The molecule has 0 aliphatic carbocycles. The third kappa shape index (κ3) is 32.1. The third-order valence-corrected chi connectivity index (χ3v) is 10.4. The number of unbranched alkanes of at least 4 members (excludes halogenated alkanes) is 16. The summed E-state index contributed by atoms with van der Waals surface area (Å²) in [6.45, 7) is 4.32. The van der Waals surface area contributed by atoms with Gasteiger partial charge in [0.25, 0.3) is 0 Å². The number of hydrogen-bond donors (Lipinski definition) is 4. The molecule has 9 nitrogen and oxygen atoms in total. The number of carbonyl (C=O) groups excluding carboxylic acids is 1. The Balaban J connectivity index is 2.30. The minimum atomic E-state index is -1.55. The summed E-state index contributed by atoms with van der Waals surface area (Å²) in [7, 11) is 0. The normalized spacial score (nSPS) is 20.8. The van der Waals surface area contributed by atoms with Gasteiger partial charge >= 0.3 is 5.97 Å². The first-order valence-electron chi connectivity index (χ1n) is 23.5. The van der Waals surface area contributed by atoms with Crippen LogP contribution in [0, 0.1) is 0 Å². The van der Waals surface area contributed by atoms with E-state index in [0.717, 1.165) is 70.6 Å². The Labute approximate surface area is 359 Å². The van der Waals surface area contributed by atoms with E-state index in [4.69, 9.17) is 18.9 Å². The molecule has 1 heterocycles. The summed E-state index contributed by atoms with van der Waals surface area (Å²) in [5.41, 5.74) is 0. The fraction of sp³-hybridized carbons (Fsp3) is 0.740. The number of aliphatic hydroxyl groups excluding tert-OH is 4. The van der Waals surface area contributed by atoms with E-state index in [1.165, 1.54) is 83.5 Å². The van der Waals surface area contributed by atoms with Crippen LogP contribution in [0.4, 0.5) is 0 Å². The van der Waals surface area contributed by atoms with Gasteiger partial charge in [0.2, 0.25) is 0 Å². The zero-order valence-corrected chi connectivity index (χ0v) is 37.2. The smallest absolute Gasteiger partial charge is 0.306 e. The highest BCUT2D eigenvalue weighted by Gasteiger charge is 2.44. The lowest BCUT2D eigenvalue weighted by Gasteiger charge is -2.39. The molecule has 4 N–H and O–H groups in total. The van der Waals surface area contributed by atoms with Gasteiger partial charge in [-0.15, -0.1) is 0 Å². The molecule has 9 heteroatoms. The lowest BCUT2D eigenvalue weighted by atomic mass is 9.99. The van der Waals surface area contributed by atoms with Crippen LogP contribution in [-0.4, -0.2) is 89.6 Å². The van der Waals surface area contributed by atoms with Gasteiger partial charge in [-0.3, -0.25) is 4.79 Å². The van der Waals surface area contributed by atoms with Crippen LogP contribution in [0.25, 0.3) is 0 Å². The molecule has 6 unspecified atom stereocenters. The van der Waals surface area contributed by atoms with Gasteiger partial charge in [0, 0.05) is 13.0 Å². The highest BCUT2D eigenvalue weighted by molar-refractivity contribution is 5.69. The van der Waals surface area contributed by atoms with Crippen molar-refractivity contribution in [3.05, 3.63) is 72.9 Å². The summed E-state index contributed by atoms with van der Waals surface area (Å²) in [5.74, 6) is -0.335. The number of rotatable bonds is 39. The quantitative estimate of drug-likeness (QED) is 0.0271. The second-order valence-corrected chi connectivity index (χ2v) is 15.8. The van der Waals surface area contributed by atoms with Crippen molar-refractivity contribution in [3.8, 4) is 0 Å². The predicted molar refractivity (Wildman–Crippen MR) is 242 cm³/mol. The van der Waals surface area contributed by atoms with Gasteiger partial charge in [-0.05, 0) is 83.5 Å². The molecule has 1 aliphatic rings. The zero-order chi connectivity index (χ0) is 42.9. The number of ether oxygens (including phenoxy) is 4. The molecule has 340 valence electrons. The Hall–Kier alpha value is -2.37. The first-order chi connectivity index (χ1) is 28.9. The molecule has 1 rings (SSSR count). The standard InChI is InChI=1S/C50H86O9/c1-3-5-7-9-11-13-15-17-19-21-23-25-27-29-31-33-35-37-39-46(52)58-44(43-57-50-49(55)48(54)47(53)45(41-51)59-50)42-56-40-38-36-34-32-30-28-26-24-22-20-18-16-14-12-10-8-6-4-2/h6,8,12,14,18-21,24,26,30,32,44-45,47-51,53-55H,3-5,7,9-11,13,15-17,22-23,25,27-29,31,33-43H2,1-2H3/b8-6-,14-12-,20-18-,21-19-,26-24-,32-30-. The second-order valence-electron chi connectivity index (χ2n) is 15.8. The number of hydrogen-bond acceptors (Lipinski definition) is 9. The molecule has 0 aromatic heterocycles. The number of carbonyl (C=O) groups is 1. The van der Waals surface area contributed by atoms with Crippen LogP contribution >= 0.6 is 0 Å². The highest BCUT2D eigenvalue weighted by Crippen LogP contribution is 2.22. The van der Waals surface area contributed by atoms with Crippen LogP contribution < -0.4 is 0 Å². The van der Waals surface area contributed by atoms with Crippen molar-refractivity contribution in [2.45, 2.75) is 211 Å². The topological polar surface area (TPSA) is 135 Å². The first-order valence-corrected chi connectivity index (χ1v) is 23.5. The van der Waals surface area contributed by atoms with E-state index in [2.05, 4.69) is 86.8 Å². The average molecular weight is 831 g/mol. The van der Waals surface area contributed by atoms with Crippen molar-refractivity contribution >= 4 is 5.97 Å². The first kappa shape index (κ1) is 54.6. The SMILES string of the molecule is CC/C=C\C/C=C\C/C=C\C/C=C\C/C=C\CCCCOCC(COC1OC(CO)C(O)C(O)C1O)OC(=O)CCCCCCCCC/C=C\CCCCCCCCC. The molecule has 0 amide bonds. The number of aliphatic hydroxyl groups is 4. The number of esters is 1. The summed E-state index contributed by atoms with van der Waals surface area (Å²) in [6.07, 6.45) is 46.5. The summed E-state index contributed by atoms with van der Waals surface area (Å²) in [5, 5.41) is 40.2. The van der Waals surface area contributed by atoms with E-state index in [0.29, 0.717) is 13.0 Å². The fourth-order valence-electron chi connectivity index (χ4n) is 6.69. The summed E-state index contributed by atoms with van der Waals surface area (Å²) < 4.78 is 22.8. The van der Waals surface area contributed by atoms with Crippen LogP contribution in [0.3, 0.4) is 0 Å².